The number of esters is 1. The van der Waals surface area contributed by atoms with Gasteiger partial charge in [-0.1, -0.05) is 140 Å². The van der Waals surface area contributed by atoms with Crippen molar-refractivity contribution in [3.63, 3.8) is 0 Å². The zero-order chi connectivity index (χ0) is 76.2. The number of ether oxygens (including phenoxy) is 4. The van der Waals surface area contributed by atoms with Crippen molar-refractivity contribution in [1.29, 1.82) is 0 Å². The van der Waals surface area contributed by atoms with E-state index in [2.05, 4.69) is 228 Å². The number of carbonyl (C=O) groups is 1. The topological polar surface area (TPSA) is 108 Å². The molecule has 15 heteroatoms. The minimum absolute atomic E-state index is 0.00139. The first-order chi connectivity index (χ1) is 51.8. The zero-order valence-electron chi connectivity index (χ0n) is 68.0. The predicted octanol–water partition coefficient (Wildman–Crippen LogP) is 17.9. The van der Waals surface area contributed by atoms with Gasteiger partial charge in [0.05, 0.1) is 48.4 Å². The minimum Gasteiger partial charge on any atom is -0.450 e. The van der Waals surface area contributed by atoms with E-state index in [-0.39, 0.29) is 34.6 Å². The van der Waals surface area contributed by atoms with Gasteiger partial charge in [0, 0.05) is 136 Å². The molecule has 12 aliphatic rings. The molecule has 18 rings (SSSR count). The number of benzene rings is 6. The number of hydrogen-bond donors (Lipinski definition) is 0. The number of piperidine rings is 6. The lowest BCUT2D eigenvalue weighted by atomic mass is 9.70. The van der Waals surface area contributed by atoms with Crippen LogP contribution in [-0.2, 0) is 85.0 Å². The second-order valence-corrected chi connectivity index (χ2v) is 38.7. The lowest BCUT2D eigenvalue weighted by Crippen LogP contribution is -2.49. The average Bonchev–Trinajstić information content (AvgIpc) is 1.43. The molecule has 0 saturated carbocycles. The fourth-order valence-corrected chi connectivity index (χ4v) is 24.1. The quantitative estimate of drug-likeness (QED) is 0.148. The van der Waals surface area contributed by atoms with Crippen LogP contribution in [0, 0.1) is 0 Å². The molecule has 6 aromatic rings. The Hall–Kier alpha value is -5.27. The van der Waals surface area contributed by atoms with Gasteiger partial charge in [-0.2, -0.15) is 0 Å². The minimum atomic E-state index is -3.04. The maximum absolute atomic E-state index is 12.7. The lowest BCUT2D eigenvalue weighted by Gasteiger charge is -2.46. The molecule has 0 radical (unpaired) electrons. The van der Waals surface area contributed by atoms with Gasteiger partial charge in [0.1, 0.15) is 10.3 Å². The van der Waals surface area contributed by atoms with E-state index in [0.717, 1.165) is 152 Å². The van der Waals surface area contributed by atoms with Crippen LogP contribution in [0.25, 0.3) is 0 Å². The van der Waals surface area contributed by atoms with Crippen molar-refractivity contribution in [3.05, 3.63) is 212 Å². The molecular formula is C93H130N6O7S2. The fourth-order valence-electron chi connectivity index (χ4n) is 20.3. The van der Waals surface area contributed by atoms with Crippen LogP contribution < -0.4 is 0 Å². The summed E-state index contributed by atoms with van der Waals surface area (Å²) in [5, 5.41) is 0. The number of fused-ring (bicyclic) bond motifs is 12. The average molecular weight is 1510 g/mol. The molecular weight excluding hydrogens is 1380 g/mol. The van der Waals surface area contributed by atoms with Crippen molar-refractivity contribution < 1.29 is 32.2 Å². The van der Waals surface area contributed by atoms with Crippen LogP contribution in [0.1, 0.15) is 245 Å². The van der Waals surface area contributed by atoms with Crippen LogP contribution in [0.3, 0.4) is 0 Å². The first-order valence-corrected chi connectivity index (χ1v) is 44.4. The Labute approximate surface area is 654 Å². The summed E-state index contributed by atoms with van der Waals surface area (Å²) in [6.07, 6.45) is 14.3. The molecule has 1 unspecified atom stereocenters. The third-order valence-corrected chi connectivity index (χ3v) is 31.5. The molecule has 0 aliphatic carbocycles. The Morgan fingerprint density at radius 3 is 1.36 bits per heavy atom. The molecule has 1 atom stereocenters. The summed E-state index contributed by atoms with van der Waals surface area (Å²) >= 11 is 2.18. The number of nitrogens with zero attached hydrogens (tertiary/aromatic N) is 6. The molecule has 0 bridgehead atoms. The number of rotatable bonds is 6. The highest BCUT2D eigenvalue weighted by Crippen LogP contribution is 2.55. The summed E-state index contributed by atoms with van der Waals surface area (Å²) in [5.74, 6) is 1.30. The van der Waals surface area contributed by atoms with E-state index >= 15 is 0 Å². The maximum atomic E-state index is 12.7. The van der Waals surface area contributed by atoms with Crippen molar-refractivity contribution >= 4 is 27.6 Å². The van der Waals surface area contributed by atoms with E-state index in [0.29, 0.717) is 46.4 Å². The van der Waals surface area contributed by atoms with Crippen molar-refractivity contribution in [2.24, 2.45) is 0 Å². The first kappa shape index (κ1) is 80.8. The lowest BCUT2D eigenvalue weighted by molar-refractivity contribution is -0.106. The Balaban J connectivity index is 0.000000114. The first-order valence-electron chi connectivity index (χ1n) is 41.8. The normalized spacial score (nSPS) is 24.0. The number of carbonyl (C=O) groups excluding carboxylic acids is 1. The highest BCUT2D eigenvalue weighted by molar-refractivity contribution is 7.99. The molecule has 0 aromatic heterocycles. The fraction of sp³-hybridized carbons (Fsp3) is 0.602. The van der Waals surface area contributed by atoms with Gasteiger partial charge in [0.15, 0.2) is 9.84 Å². The highest BCUT2D eigenvalue weighted by Gasteiger charge is 2.54. The van der Waals surface area contributed by atoms with Gasteiger partial charge in [-0.05, 0) is 235 Å². The van der Waals surface area contributed by atoms with Gasteiger partial charge in [0.25, 0.3) is 0 Å². The van der Waals surface area contributed by atoms with Gasteiger partial charge in [-0.3, -0.25) is 0 Å². The molecule has 6 fully saturated rings. The summed E-state index contributed by atoms with van der Waals surface area (Å²) in [6.45, 7) is 45.2. The number of likely N-dealkylation sites (tertiary alicyclic amines) is 6. The summed E-state index contributed by atoms with van der Waals surface area (Å²) in [6, 6.07) is 55.0. The van der Waals surface area contributed by atoms with Crippen LogP contribution in [-0.4, -0.2) is 172 Å². The Kier molecular flexibility index (Phi) is 25.6. The van der Waals surface area contributed by atoms with E-state index in [4.69, 9.17) is 18.9 Å². The summed E-state index contributed by atoms with van der Waals surface area (Å²) in [5.41, 5.74) is 15.9. The van der Waals surface area contributed by atoms with Gasteiger partial charge < -0.3 is 48.3 Å². The molecule has 6 aromatic carbocycles. The van der Waals surface area contributed by atoms with Crippen LogP contribution >= 0.6 is 11.8 Å². The van der Waals surface area contributed by atoms with Crippen molar-refractivity contribution in [1.82, 2.24) is 29.4 Å². The second kappa shape index (κ2) is 34.2. The van der Waals surface area contributed by atoms with Crippen LogP contribution in [0.4, 0.5) is 0 Å². The molecule has 108 heavy (non-hydrogen) atoms. The molecule has 0 N–H and O–H groups in total. The Bertz CT molecular complexity index is 4000. The zero-order valence-corrected chi connectivity index (χ0v) is 69.6. The van der Waals surface area contributed by atoms with Crippen molar-refractivity contribution in [2.45, 2.75) is 266 Å². The van der Waals surface area contributed by atoms with Crippen molar-refractivity contribution in [3.8, 4) is 0 Å². The summed E-state index contributed by atoms with van der Waals surface area (Å²) < 4.78 is 49.3. The van der Waals surface area contributed by atoms with E-state index in [1.165, 1.54) is 85.4 Å². The number of sulfone groups is 1. The van der Waals surface area contributed by atoms with Gasteiger partial charge in [-0.15, -0.1) is 11.8 Å². The van der Waals surface area contributed by atoms with E-state index in [1.54, 1.807) is 16.7 Å². The molecule has 6 saturated heterocycles. The van der Waals surface area contributed by atoms with Crippen LogP contribution in [0.2, 0.25) is 0 Å². The van der Waals surface area contributed by atoms with Gasteiger partial charge in [0.2, 0.25) is 0 Å². The third-order valence-electron chi connectivity index (χ3n) is 27.3. The second-order valence-electron chi connectivity index (χ2n) is 35.1. The molecule has 12 aliphatic heterocycles. The summed E-state index contributed by atoms with van der Waals surface area (Å²) in [7, 11) is -3.04. The maximum Gasteiger partial charge on any atom is 0.339 e. The van der Waals surface area contributed by atoms with Crippen molar-refractivity contribution in [2.75, 3.05) is 91.8 Å². The highest BCUT2D eigenvalue weighted by atomic mass is 32.2. The monoisotopic (exact) mass is 1510 g/mol. The van der Waals surface area contributed by atoms with Gasteiger partial charge in [-0.25, -0.2) is 13.2 Å². The molecule has 586 valence electrons. The molecule has 6 spiro atoms. The predicted molar refractivity (Wildman–Crippen MR) is 443 cm³/mol. The SMILES string of the molecule is CC(C)N1CCC2(CC1)COCc1ccccc12.CC(C)N1CCC2(CC1)OC(=O)c1ccccc12.CC(C)N1CCC2(CC1)OCCc1ccccc12.CC(C)N1CCC2(CC1)SCc1ccccc12.CC(C)N1CCC2(CC1)c1ccccc1CS2(=O)=O.CC1OC2(CCN(C(C)C)CC2)c2ccccc21. The van der Waals surface area contributed by atoms with Crippen LogP contribution in [0.15, 0.2) is 146 Å². The largest absolute Gasteiger partial charge is 0.450 e. The van der Waals surface area contributed by atoms with E-state index in [9.17, 15) is 13.2 Å². The number of thioether (sulfide) groups is 1. The number of hydrogen-bond acceptors (Lipinski definition) is 14. The summed E-state index contributed by atoms with van der Waals surface area (Å²) in [4.78, 5) is 27.1. The molecule has 13 nitrogen and oxygen atoms in total. The van der Waals surface area contributed by atoms with Gasteiger partial charge >= 0.3 is 5.97 Å². The van der Waals surface area contributed by atoms with E-state index < -0.39 is 14.6 Å². The standard InChI is InChI=1S/3C16H23NO.C15H21NO2S.C15H19NO2.C15H21NS/c1-12(2)17-10-8-16(9-11-17)15-7-5-4-6-14(15)13(3)18-16;1-13(2)17-10-8-16(9-11-17)15-6-4-3-5-14(15)7-12-18-16;1-13(2)17-9-7-16(8-10-17)12-18-11-14-5-3-4-6-15(14)16;1-12(2)16-9-7-15(8-10-16)14-6-4-3-5-13(14)11-19(15,17)18;1-11(2)16-9-7-15(8-10-16)13-6-4-3-5-12(13)14(17)18-15;1-12(2)16-9-7-15(8-10-16)14-6-4-3-5-13(14)11-17-15/h4-7,12-13H,8-11H2,1-3H3;2*3-6,13H,7-12H2,1-2H3;3-6,12H,7-11H2,1-2H3;3-6,11H,7-10H2,1-2H3;3-6,12H,7-11H2,1-2H3. The van der Waals surface area contributed by atoms with E-state index in [1.807, 2.05) is 48.5 Å². The Morgan fingerprint density at radius 1 is 0.407 bits per heavy atom. The van der Waals surface area contributed by atoms with Crippen LogP contribution in [0.5, 0.6) is 0 Å². The third kappa shape index (κ3) is 16.7. The molecule has 12 heterocycles. The molecule has 0 amide bonds. The Morgan fingerprint density at radius 2 is 0.815 bits per heavy atom. The smallest absolute Gasteiger partial charge is 0.339 e.